The van der Waals surface area contributed by atoms with Crippen LogP contribution in [0.3, 0.4) is 0 Å². The fourth-order valence-corrected chi connectivity index (χ4v) is 3.54. The molecule has 2 aromatic rings. The molecule has 4 rings (SSSR count). The maximum atomic E-state index is 12.6. The molecule has 0 aromatic heterocycles. The Labute approximate surface area is 145 Å². The molecule has 0 spiro atoms. The normalized spacial score (nSPS) is 18.9. The molecule has 1 saturated heterocycles. The van der Waals surface area contributed by atoms with E-state index < -0.39 is 0 Å². The Morgan fingerprint density at radius 2 is 2.00 bits per heavy atom. The molecule has 2 heterocycles. The minimum atomic E-state index is 0.131. The van der Waals surface area contributed by atoms with Crippen LogP contribution in [-0.4, -0.2) is 30.7 Å². The number of carbonyl (C=O) groups excluding carboxylic acids is 1. The number of fused-ring (bicyclic) bond motifs is 1. The van der Waals surface area contributed by atoms with Crippen molar-refractivity contribution >= 4 is 17.5 Å². The third-order valence-electron chi connectivity index (χ3n) is 4.71. The van der Waals surface area contributed by atoms with Crippen LogP contribution in [0.5, 0.6) is 11.5 Å². The van der Waals surface area contributed by atoms with Gasteiger partial charge < -0.3 is 14.4 Å². The minimum absolute atomic E-state index is 0.131. The van der Waals surface area contributed by atoms with Crippen LogP contribution in [-0.2, 0) is 11.2 Å². The average molecular weight is 344 g/mol. The van der Waals surface area contributed by atoms with Gasteiger partial charge in [-0.05, 0) is 35.7 Å². The molecular formula is C19H18ClNO3. The van der Waals surface area contributed by atoms with Crippen molar-refractivity contribution in [2.24, 2.45) is 0 Å². The molecule has 1 amide bonds. The number of benzene rings is 2. The molecule has 0 radical (unpaired) electrons. The van der Waals surface area contributed by atoms with E-state index in [9.17, 15) is 4.79 Å². The highest BCUT2D eigenvalue weighted by atomic mass is 35.5. The lowest BCUT2D eigenvalue weighted by Crippen LogP contribution is -2.29. The number of halogens is 1. The molecular weight excluding hydrogens is 326 g/mol. The fraction of sp³-hybridized carbons (Fsp3) is 0.316. The standard InChI is InChI=1S/C19H18ClNO3/c20-16-4-2-1-3-14(16)10-19(22)21-8-7-15(11-21)13-5-6-17-18(9-13)24-12-23-17/h1-6,9,15H,7-8,10-12H2/t15-/m0/s1. The third kappa shape index (κ3) is 2.94. The summed E-state index contributed by atoms with van der Waals surface area (Å²) in [5, 5.41) is 0.650. The quantitative estimate of drug-likeness (QED) is 0.854. The molecule has 0 bridgehead atoms. The van der Waals surface area contributed by atoms with Gasteiger partial charge in [-0.3, -0.25) is 4.79 Å². The first-order chi connectivity index (χ1) is 11.7. The Kier molecular flexibility index (Phi) is 4.07. The van der Waals surface area contributed by atoms with Gasteiger partial charge in [0.1, 0.15) is 0 Å². The maximum absolute atomic E-state index is 12.6. The predicted molar refractivity (Wildman–Crippen MR) is 91.7 cm³/mol. The van der Waals surface area contributed by atoms with Crippen molar-refractivity contribution < 1.29 is 14.3 Å². The van der Waals surface area contributed by atoms with E-state index in [1.165, 1.54) is 5.56 Å². The lowest BCUT2D eigenvalue weighted by Gasteiger charge is -2.17. The van der Waals surface area contributed by atoms with Crippen LogP contribution in [0.4, 0.5) is 0 Å². The second kappa shape index (κ2) is 6.36. The van der Waals surface area contributed by atoms with Gasteiger partial charge in [-0.1, -0.05) is 35.9 Å². The molecule has 1 fully saturated rings. The predicted octanol–water partition coefficient (Wildman–Crippen LogP) is 3.63. The van der Waals surface area contributed by atoms with Crippen molar-refractivity contribution in [2.75, 3.05) is 19.9 Å². The van der Waals surface area contributed by atoms with Gasteiger partial charge in [0.2, 0.25) is 12.7 Å². The molecule has 2 aliphatic rings. The number of nitrogens with zero attached hydrogens (tertiary/aromatic N) is 1. The van der Waals surface area contributed by atoms with Crippen LogP contribution < -0.4 is 9.47 Å². The van der Waals surface area contributed by atoms with Crippen molar-refractivity contribution in [3.63, 3.8) is 0 Å². The molecule has 0 aliphatic carbocycles. The SMILES string of the molecule is O=C(Cc1ccccc1Cl)N1CC[C@H](c2ccc3c(c2)OCO3)C1. The first kappa shape index (κ1) is 15.3. The van der Waals surface area contributed by atoms with Gasteiger partial charge in [0.05, 0.1) is 6.42 Å². The zero-order valence-corrected chi connectivity index (χ0v) is 14.0. The molecule has 2 aliphatic heterocycles. The van der Waals surface area contributed by atoms with E-state index >= 15 is 0 Å². The van der Waals surface area contributed by atoms with Gasteiger partial charge in [-0.2, -0.15) is 0 Å². The molecule has 0 unspecified atom stereocenters. The summed E-state index contributed by atoms with van der Waals surface area (Å²) in [6.07, 6.45) is 1.32. The van der Waals surface area contributed by atoms with Crippen molar-refractivity contribution in [1.29, 1.82) is 0 Å². The monoisotopic (exact) mass is 343 g/mol. The van der Waals surface area contributed by atoms with Crippen LogP contribution in [0.1, 0.15) is 23.5 Å². The molecule has 124 valence electrons. The van der Waals surface area contributed by atoms with E-state index in [4.69, 9.17) is 21.1 Å². The second-order valence-corrected chi connectivity index (χ2v) is 6.61. The smallest absolute Gasteiger partial charge is 0.231 e. The molecule has 5 heteroatoms. The molecule has 4 nitrogen and oxygen atoms in total. The highest BCUT2D eigenvalue weighted by molar-refractivity contribution is 6.31. The van der Waals surface area contributed by atoms with Crippen molar-refractivity contribution in [3.8, 4) is 11.5 Å². The van der Waals surface area contributed by atoms with Crippen molar-refractivity contribution in [3.05, 3.63) is 58.6 Å². The van der Waals surface area contributed by atoms with E-state index in [2.05, 4.69) is 6.07 Å². The lowest BCUT2D eigenvalue weighted by molar-refractivity contribution is -0.129. The van der Waals surface area contributed by atoms with Gasteiger partial charge in [-0.25, -0.2) is 0 Å². The molecule has 0 N–H and O–H groups in total. The van der Waals surface area contributed by atoms with Gasteiger partial charge in [-0.15, -0.1) is 0 Å². The number of likely N-dealkylation sites (tertiary alicyclic amines) is 1. The van der Waals surface area contributed by atoms with Crippen LogP contribution in [0.15, 0.2) is 42.5 Å². The summed E-state index contributed by atoms with van der Waals surface area (Å²) in [5.41, 5.74) is 2.09. The Bertz CT molecular complexity index is 777. The van der Waals surface area contributed by atoms with Crippen LogP contribution in [0.2, 0.25) is 5.02 Å². The topological polar surface area (TPSA) is 38.8 Å². The number of ether oxygens (including phenoxy) is 2. The zero-order valence-electron chi connectivity index (χ0n) is 13.2. The van der Waals surface area contributed by atoms with E-state index in [1.54, 1.807) is 0 Å². The average Bonchev–Trinajstić information content (AvgIpc) is 3.25. The highest BCUT2D eigenvalue weighted by Crippen LogP contribution is 2.37. The zero-order chi connectivity index (χ0) is 16.5. The Balaban J connectivity index is 1.43. The fourth-order valence-electron chi connectivity index (χ4n) is 3.34. The minimum Gasteiger partial charge on any atom is -0.454 e. The maximum Gasteiger partial charge on any atom is 0.231 e. The molecule has 0 saturated carbocycles. The van der Waals surface area contributed by atoms with Crippen molar-refractivity contribution in [1.82, 2.24) is 4.90 Å². The van der Waals surface area contributed by atoms with E-state index in [1.807, 2.05) is 41.3 Å². The largest absolute Gasteiger partial charge is 0.454 e. The number of amides is 1. The van der Waals surface area contributed by atoms with Crippen LogP contribution >= 0.6 is 11.6 Å². The molecule has 24 heavy (non-hydrogen) atoms. The number of carbonyl (C=O) groups is 1. The van der Waals surface area contributed by atoms with Crippen molar-refractivity contribution in [2.45, 2.75) is 18.8 Å². The first-order valence-electron chi connectivity index (χ1n) is 8.11. The Morgan fingerprint density at radius 3 is 2.88 bits per heavy atom. The van der Waals surface area contributed by atoms with Gasteiger partial charge in [0, 0.05) is 24.0 Å². The summed E-state index contributed by atoms with van der Waals surface area (Å²) in [4.78, 5) is 14.5. The van der Waals surface area contributed by atoms with Gasteiger partial charge >= 0.3 is 0 Å². The number of rotatable bonds is 3. The Morgan fingerprint density at radius 1 is 1.17 bits per heavy atom. The summed E-state index contributed by atoms with van der Waals surface area (Å²) in [5.74, 6) is 2.07. The third-order valence-corrected chi connectivity index (χ3v) is 5.08. The molecule has 1 atom stereocenters. The van der Waals surface area contributed by atoms with Crippen LogP contribution in [0, 0.1) is 0 Å². The summed E-state index contributed by atoms with van der Waals surface area (Å²) >= 11 is 6.16. The van der Waals surface area contributed by atoms with Gasteiger partial charge in [0.25, 0.3) is 0 Å². The summed E-state index contributed by atoms with van der Waals surface area (Å²) in [6.45, 7) is 1.80. The lowest BCUT2D eigenvalue weighted by atomic mass is 9.98. The number of hydrogen-bond acceptors (Lipinski definition) is 3. The summed E-state index contributed by atoms with van der Waals surface area (Å²) < 4.78 is 10.8. The summed E-state index contributed by atoms with van der Waals surface area (Å²) in [6, 6.07) is 13.6. The Hall–Kier alpha value is -2.20. The molecule has 2 aromatic carbocycles. The highest BCUT2D eigenvalue weighted by Gasteiger charge is 2.28. The van der Waals surface area contributed by atoms with Crippen LogP contribution in [0.25, 0.3) is 0 Å². The number of hydrogen-bond donors (Lipinski definition) is 0. The van der Waals surface area contributed by atoms with Gasteiger partial charge in [0.15, 0.2) is 11.5 Å². The second-order valence-electron chi connectivity index (χ2n) is 6.21. The first-order valence-corrected chi connectivity index (χ1v) is 8.49. The van der Waals surface area contributed by atoms with E-state index in [0.29, 0.717) is 17.4 Å². The summed E-state index contributed by atoms with van der Waals surface area (Å²) in [7, 11) is 0. The van der Waals surface area contributed by atoms with E-state index in [-0.39, 0.29) is 12.7 Å². The van der Waals surface area contributed by atoms with E-state index in [0.717, 1.165) is 36.6 Å².